The fraction of sp³-hybridized carbons (Fsp3) is 0.750. The van der Waals surface area contributed by atoms with E-state index in [4.69, 9.17) is 5.26 Å². The normalized spacial score (nSPS) is 7.09. The van der Waals surface area contributed by atoms with E-state index in [0.717, 1.165) is 6.42 Å². The molecule has 0 aliphatic carbocycles. The predicted octanol–water partition coefficient (Wildman–Crippen LogP) is 1.70. The van der Waals surface area contributed by atoms with Crippen molar-refractivity contribution in [2.24, 2.45) is 0 Å². The number of nitrogens with zero attached hydrogens (tertiary/aromatic N) is 1. The topological polar surface area (TPSA) is 52.9 Å². The second kappa shape index (κ2) is 11.7. The molecule has 1 amide bonds. The molecule has 0 radical (unpaired) electrons. The molecule has 0 aliphatic rings. The second-order valence-corrected chi connectivity index (χ2v) is 1.68. The molecule has 0 saturated heterocycles. The van der Waals surface area contributed by atoms with E-state index in [9.17, 15) is 4.79 Å². The molecular weight excluding hydrogens is 140 g/mol. The first-order valence-corrected chi connectivity index (χ1v) is 3.95. The number of hydrogen-bond donors (Lipinski definition) is 1. The molecule has 0 atom stereocenters. The summed E-state index contributed by atoms with van der Waals surface area (Å²) in [5, 5.41) is 10.5. The lowest BCUT2D eigenvalue weighted by Gasteiger charge is -1.95. The van der Waals surface area contributed by atoms with Gasteiger partial charge in [-0.05, 0) is 6.42 Å². The maximum absolute atomic E-state index is 10.5. The lowest BCUT2D eigenvalue weighted by Crippen LogP contribution is -2.22. The third-order valence-electron chi connectivity index (χ3n) is 0.842. The van der Waals surface area contributed by atoms with Crippen molar-refractivity contribution < 1.29 is 6.22 Å². The van der Waals surface area contributed by atoms with Gasteiger partial charge in [0.2, 0.25) is 5.91 Å². The Labute approximate surface area is 69.9 Å². The molecular formula is C8H18N2O. The molecule has 0 spiro atoms. The van der Waals surface area contributed by atoms with Crippen molar-refractivity contribution in [2.45, 2.75) is 33.6 Å². The summed E-state index contributed by atoms with van der Waals surface area (Å²) in [6.07, 6.45) is 1.35. The van der Waals surface area contributed by atoms with Crippen LogP contribution in [-0.4, -0.2) is 12.5 Å². The lowest BCUT2D eigenvalue weighted by molar-refractivity contribution is -0.120. The summed E-state index contributed by atoms with van der Waals surface area (Å²) in [6, 6.07) is 1.83. The Morgan fingerprint density at radius 3 is 2.55 bits per heavy atom. The lowest BCUT2D eigenvalue weighted by atomic mass is 10.3. The first-order valence-electron chi connectivity index (χ1n) is 3.95. The molecule has 66 valence electrons. The largest absolute Gasteiger partial charge is 0.343 e. The Bertz CT molecular complexity index is 132. The summed E-state index contributed by atoms with van der Waals surface area (Å²) in [4.78, 5) is 10.5. The average molecular weight is 158 g/mol. The highest BCUT2D eigenvalue weighted by Gasteiger charge is 1.94. The number of hydrogen-bond acceptors (Lipinski definition) is 2. The molecule has 11 heavy (non-hydrogen) atoms. The van der Waals surface area contributed by atoms with Gasteiger partial charge in [0, 0.05) is 7.85 Å². The number of nitrogens with one attached hydrogen (secondary N) is 1. The fourth-order valence-electron chi connectivity index (χ4n) is 0.454. The monoisotopic (exact) mass is 158 g/mol. The zero-order chi connectivity index (χ0) is 9.11. The van der Waals surface area contributed by atoms with Crippen LogP contribution in [0.2, 0.25) is 0 Å². The van der Waals surface area contributed by atoms with Crippen LogP contribution in [0.3, 0.4) is 0 Å². The van der Waals surface area contributed by atoms with Gasteiger partial charge in [-0.3, -0.25) is 4.79 Å². The summed E-state index contributed by atoms with van der Waals surface area (Å²) in [5.41, 5.74) is 0. The molecule has 0 bridgehead atoms. The first-order chi connectivity index (χ1) is 5.31. The summed E-state index contributed by atoms with van der Waals surface area (Å²) >= 11 is 0. The average Bonchev–Trinajstić information content (AvgIpc) is 2.05. The smallest absolute Gasteiger partial charge is 0.220 e. The fourth-order valence-corrected chi connectivity index (χ4v) is 0.454. The third-order valence-corrected chi connectivity index (χ3v) is 0.842. The van der Waals surface area contributed by atoms with Gasteiger partial charge in [-0.25, -0.2) is 0 Å². The van der Waals surface area contributed by atoms with E-state index < -0.39 is 0 Å². The van der Waals surface area contributed by atoms with Gasteiger partial charge in [-0.15, -0.1) is 0 Å². The minimum absolute atomic E-state index is 0. The van der Waals surface area contributed by atoms with Gasteiger partial charge in [0.25, 0.3) is 0 Å². The van der Waals surface area contributed by atoms with Crippen LogP contribution >= 0.6 is 0 Å². The summed E-state index contributed by atoms with van der Waals surface area (Å²) in [6.45, 7) is 6.05. The molecule has 0 aromatic carbocycles. The van der Waals surface area contributed by atoms with Gasteiger partial charge < -0.3 is 5.32 Å². The summed E-state index contributed by atoms with van der Waals surface area (Å²) in [5.74, 6) is -0.0425. The van der Waals surface area contributed by atoms with E-state index in [1.54, 1.807) is 0 Å². The van der Waals surface area contributed by atoms with E-state index in [1.807, 2.05) is 26.8 Å². The Morgan fingerprint density at radius 2 is 2.18 bits per heavy atom. The molecule has 0 aliphatic heterocycles. The van der Waals surface area contributed by atoms with Gasteiger partial charge in [-0.1, -0.05) is 20.8 Å². The molecule has 0 aromatic heterocycles. The van der Waals surface area contributed by atoms with Gasteiger partial charge >= 0.3 is 0 Å². The van der Waals surface area contributed by atoms with Crippen molar-refractivity contribution >= 4 is 5.91 Å². The maximum Gasteiger partial charge on any atom is 0.220 e. The highest BCUT2D eigenvalue weighted by atomic mass is 16.1. The molecule has 0 fully saturated rings. The van der Waals surface area contributed by atoms with Crippen molar-refractivity contribution in [2.75, 3.05) is 6.54 Å². The van der Waals surface area contributed by atoms with E-state index in [1.165, 1.54) is 0 Å². The van der Waals surface area contributed by atoms with Crippen LogP contribution in [0.4, 0.5) is 0 Å². The van der Waals surface area contributed by atoms with Crippen molar-refractivity contribution in [3.8, 4) is 6.07 Å². The Balaban J connectivity index is -0.000000249. The minimum atomic E-state index is -0.0425. The molecule has 0 unspecified atom stereocenters. The van der Waals surface area contributed by atoms with E-state index in [-0.39, 0.29) is 13.9 Å². The number of nitriles is 1. The highest BCUT2D eigenvalue weighted by Crippen LogP contribution is 1.83. The first kappa shape index (κ1) is 12.6. The number of carbonyl (C=O) groups is 1. The zero-order valence-electron chi connectivity index (χ0n) is 7.48. The maximum atomic E-state index is 10.5. The van der Waals surface area contributed by atoms with Gasteiger partial charge in [0.05, 0.1) is 6.07 Å². The van der Waals surface area contributed by atoms with Gasteiger partial charge in [0.1, 0.15) is 6.54 Å². The molecule has 3 heteroatoms. The number of carbonyl (C=O) groups excluding carboxylic acids is 1. The van der Waals surface area contributed by atoms with Crippen molar-refractivity contribution in [1.82, 2.24) is 5.32 Å². The predicted molar refractivity (Wildman–Crippen MR) is 47.0 cm³/mol. The number of rotatable bonds is 3. The van der Waals surface area contributed by atoms with Crippen LogP contribution in [0.1, 0.15) is 35.0 Å². The van der Waals surface area contributed by atoms with Crippen LogP contribution in [0.25, 0.3) is 0 Å². The van der Waals surface area contributed by atoms with Crippen LogP contribution < -0.4 is 5.32 Å². The van der Waals surface area contributed by atoms with Gasteiger partial charge in [0.15, 0.2) is 0 Å². The third kappa shape index (κ3) is 12.2. The molecule has 0 rings (SSSR count). The van der Waals surface area contributed by atoms with E-state index in [0.29, 0.717) is 6.42 Å². The van der Waals surface area contributed by atoms with Crippen LogP contribution in [0, 0.1) is 11.3 Å². The van der Waals surface area contributed by atoms with Crippen LogP contribution in [-0.2, 0) is 4.79 Å². The SMILES string of the molecule is CC.CCCC(=O)NCC#N.[HH]. The Hall–Kier alpha value is -1.04. The second-order valence-electron chi connectivity index (χ2n) is 1.68. The minimum Gasteiger partial charge on any atom is -0.343 e. The summed E-state index contributed by atoms with van der Waals surface area (Å²) < 4.78 is 0. The molecule has 0 aromatic rings. The van der Waals surface area contributed by atoms with Crippen LogP contribution in [0.15, 0.2) is 0 Å². The quantitative estimate of drug-likeness (QED) is 0.635. The van der Waals surface area contributed by atoms with Crippen LogP contribution in [0.5, 0.6) is 0 Å². The number of amides is 1. The van der Waals surface area contributed by atoms with Crippen molar-refractivity contribution in [3.05, 3.63) is 0 Å². The zero-order valence-corrected chi connectivity index (χ0v) is 7.48. The standard InChI is InChI=1S/C6H10N2O.C2H6.H2/c1-2-3-6(9)8-5-4-7;1-2;/h2-3,5H2,1H3,(H,8,9);1-2H3;1H. The highest BCUT2D eigenvalue weighted by molar-refractivity contribution is 5.75. The van der Waals surface area contributed by atoms with E-state index in [2.05, 4.69) is 5.32 Å². The van der Waals surface area contributed by atoms with E-state index >= 15 is 0 Å². The Kier molecular flexibility index (Phi) is 13.4. The molecule has 0 heterocycles. The van der Waals surface area contributed by atoms with Gasteiger partial charge in [-0.2, -0.15) is 5.26 Å². The molecule has 0 saturated carbocycles. The molecule has 1 N–H and O–H groups in total. The Morgan fingerprint density at radius 1 is 1.64 bits per heavy atom. The van der Waals surface area contributed by atoms with Crippen molar-refractivity contribution in [3.63, 3.8) is 0 Å². The summed E-state index contributed by atoms with van der Waals surface area (Å²) in [7, 11) is 0. The van der Waals surface area contributed by atoms with Crippen molar-refractivity contribution in [1.29, 1.82) is 5.26 Å². The molecule has 3 nitrogen and oxygen atoms in total.